The standard InChI is InChI=1S/C13H21BN2O2/c1-9-8-16(10-6-7-10)15-11(9)14-17-12(2,3)13(4,5)18-14/h8,10H,6-7H2,1-5H3. The summed E-state index contributed by atoms with van der Waals surface area (Å²) in [5, 5.41) is 4.65. The van der Waals surface area contributed by atoms with E-state index in [1.807, 2.05) is 0 Å². The molecule has 18 heavy (non-hydrogen) atoms. The Morgan fingerprint density at radius 1 is 1.22 bits per heavy atom. The van der Waals surface area contributed by atoms with E-state index in [0.29, 0.717) is 6.04 Å². The van der Waals surface area contributed by atoms with Crippen molar-refractivity contribution in [3.8, 4) is 0 Å². The summed E-state index contributed by atoms with van der Waals surface area (Å²) < 4.78 is 14.2. The van der Waals surface area contributed by atoms with Crippen LogP contribution in [0.15, 0.2) is 6.20 Å². The molecule has 1 saturated carbocycles. The Bertz CT molecular complexity index is 461. The molecule has 1 aromatic rings. The summed E-state index contributed by atoms with van der Waals surface area (Å²) in [5.41, 5.74) is 1.49. The average molecular weight is 248 g/mol. The molecule has 0 radical (unpaired) electrons. The van der Waals surface area contributed by atoms with E-state index in [1.165, 1.54) is 12.8 Å². The second kappa shape index (κ2) is 3.61. The Kier molecular flexibility index (Phi) is 2.45. The largest absolute Gasteiger partial charge is 0.516 e. The van der Waals surface area contributed by atoms with Gasteiger partial charge in [-0.3, -0.25) is 4.68 Å². The summed E-state index contributed by atoms with van der Waals surface area (Å²) in [6, 6.07) is 0.597. The molecule has 0 aromatic carbocycles. The fourth-order valence-corrected chi connectivity index (χ4v) is 2.21. The van der Waals surface area contributed by atoms with E-state index in [9.17, 15) is 0 Å². The highest BCUT2D eigenvalue weighted by Crippen LogP contribution is 2.37. The van der Waals surface area contributed by atoms with Crippen LogP contribution in [-0.4, -0.2) is 28.1 Å². The lowest BCUT2D eigenvalue weighted by atomic mass is 9.82. The molecular weight excluding hydrogens is 227 g/mol. The maximum Gasteiger partial charge on any atom is 0.516 e. The quantitative estimate of drug-likeness (QED) is 0.749. The predicted octanol–water partition coefficient (Wildman–Crippen LogP) is 1.83. The summed E-state index contributed by atoms with van der Waals surface area (Å²) in [6.07, 6.45) is 4.59. The highest BCUT2D eigenvalue weighted by atomic mass is 16.7. The van der Waals surface area contributed by atoms with Gasteiger partial charge >= 0.3 is 7.12 Å². The van der Waals surface area contributed by atoms with Gasteiger partial charge in [-0.2, -0.15) is 5.10 Å². The molecule has 0 bridgehead atoms. The summed E-state index contributed by atoms with van der Waals surface area (Å²) in [4.78, 5) is 0. The number of aryl methyl sites for hydroxylation is 1. The smallest absolute Gasteiger partial charge is 0.398 e. The minimum Gasteiger partial charge on any atom is -0.398 e. The Balaban J connectivity index is 1.88. The molecule has 1 aliphatic heterocycles. The second-order valence-corrected chi connectivity index (χ2v) is 6.50. The Morgan fingerprint density at radius 2 is 1.78 bits per heavy atom. The van der Waals surface area contributed by atoms with Gasteiger partial charge in [0.1, 0.15) is 0 Å². The summed E-state index contributed by atoms with van der Waals surface area (Å²) >= 11 is 0. The molecule has 0 unspecified atom stereocenters. The third-order valence-corrected chi connectivity index (χ3v) is 4.35. The molecule has 0 N–H and O–H groups in total. The number of aromatic nitrogens is 2. The maximum absolute atomic E-state index is 6.05. The molecule has 3 rings (SSSR count). The van der Waals surface area contributed by atoms with Crippen LogP contribution in [0, 0.1) is 6.92 Å². The summed E-state index contributed by atoms with van der Waals surface area (Å²) in [6.45, 7) is 10.4. The van der Waals surface area contributed by atoms with Gasteiger partial charge in [0.25, 0.3) is 0 Å². The van der Waals surface area contributed by atoms with Crippen LogP contribution in [0.2, 0.25) is 0 Å². The molecular formula is C13H21BN2O2. The van der Waals surface area contributed by atoms with Crippen LogP contribution in [-0.2, 0) is 9.31 Å². The zero-order valence-corrected chi connectivity index (χ0v) is 11.9. The lowest BCUT2D eigenvalue weighted by Gasteiger charge is -2.32. The van der Waals surface area contributed by atoms with Gasteiger partial charge in [-0.15, -0.1) is 0 Å². The van der Waals surface area contributed by atoms with E-state index in [4.69, 9.17) is 9.31 Å². The van der Waals surface area contributed by atoms with Gasteiger partial charge in [0.15, 0.2) is 0 Å². The van der Waals surface area contributed by atoms with Gasteiger partial charge in [0.05, 0.1) is 22.8 Å². The zero-order valence-electron chi connectivity index (χ0n) is 11.9. The SMILES string of the molecule is Cc1cn(C2CC2)nc1B1OC(C)(C)C(C)(C)O1. The van der Waals surface area contributed by atoms with Crippen LogP contribution in [0.3, 0.4) is 0 Å². The van der Waals surface area contributed by atoms with E-state index in [-0.39, 0.29) is 18.3 Å². The minimum atomic E-state index is -0.338. The Hall–Kier alpha value is -0.805. The minimum absolute atomic E-state index is 0.298. The van der Waals surface area contributed by atoms with Crippen molar-refractivity contribution in [3.63, 3.8) is 0 Å². The normalized spacial score (nSPS) is 25.7. The van der Waals surface area contributed by atoms with Crippen molar-refractivity contribution in [1.29, 1.82) is 0 Å². The van der Waals surface area contributed by atoms with Crippen molar-refractivity contribution in [3.05, 3.63) is 11.8 Å². The van der Waals surface area contributed by atoms with E-state index < -0.39 is 0 Å². The molecule has 1 saturated heterocycles. The molecule has 0 amide bonds. The van der Waals surface area contributed by atoms with Crippen molar-refractivity contribution in [2.24, 2.45) is 0 Å². The van der Waals surface area contributed by atoms with E-state index >= 15 is 0 Å². The fourth-order valence-electron chi connectivity index (χ4n) is 2.21. The monoisotopic (exact) mass is 248 g/mol. The van der Waals surface area contributed by atoms with Crippen molar-refractivity contribution >= 4 is 12.7 Å². The topological polar surface area (TPSA) is 36.3 Å². The van der Waals surface area contributed by atoms with Crippen LogP contribution in [0.5, 0.6) is 0 Å². The van der Waals surface area contributed by atoms with Gasteiger partial charge in [-0.1, -0.05) is 0 Å². The highest BCUT2D eigenvalue weighted by Gasteiger charge is 2.53. The molecule has 0 atom stereocenters. The second-order valence-electron chi connectivity index (χ2n) is 6.50. The van der Waals surface area contributed by atoms with Crippen LogP contribution in [0.4, 0.5) is 0 Å². The lowest BCUT2D eigenvalue weighted by Crippen LogP contribution is -2.41. The molecule has 1 aliphatic carbocycles. The average Bonchev–Trinajstić information content (AvgIpc) is 2.96. The van der Waals surface area contributed by atoms with Crippen LogP contribution >= 0.6 is 0 Å². The molecule has 1 aromatic heterocycles. The fraction of sp³-hybridized carbons (Fsp3) is 0.769. The van der Waals surface area contributed by atoms with Gasteiger partial charge in [-0.05, 0) is 53.0 Å². The molecule has 2 fully saturated rings. The van der Waals surface area contributed by atoms with Crippen LogP contribution in [0.25, 0.3) is 0 Å². The summed E-state index contributed by atoms with van der Waals surface area (Å²) in [5.74, 6) is 0. The Labute approximate surface area is 109 Å². The lowest BCUT2D eigenvalue weighted by molar-refractivity contribution is 0.00578. The number of rotatable bonds is 2. The van der Waals surface area contributed by atoms with Crippen molar-refractivity contribution < 1.29 is 9.31 Å². The predicted molar refractivity (Wildman–Crippen MR) is 71.0 cm³/mol. The molecule has 98 valence electrons. The number of hydrogen-bond donors (Lipinski definition) is 0. The molecule has 0 spiro atoms. The first-order valence-corrected chi connectivity index (χ1v) is 6.71. The first kappa shape index (κ1) is 12.2. The van der Waals surface area contributed by atoms with Crippen molar-refractivity contribution in [2.45, 2.75) is 64.7 Å². The number of hydrogen-bond acceptors (Lipinski definition) is 3. The Morgan fingerprint density at radius 3 is 2.28 bits per heavy atom. The first-order valence-electron chi connectivity index (χ1n) is 6.71. The first-order chi connectivity index (χ1) is 8.30. The van der Waals surface area contributed by atoms with E-state index in [1.54, 1.807) is 0 Å². The van der Waals surface area contributed by atoms with Gasteiger partial charge in [0, 0.05) is 6.20 Å². The molecule has 5 heteroatoms. The van der Waals surface area contributed by atoms with E-state index in [2.05, 4.69) is 50.6 Å². The zero-order chi connectivity index (χ0) is 13.1. The molecule has 4 nitrogen and oxygen atoms in total. The van der Waals surface area contributed by atoms with Crippen LogP contribution in [0.1, 0.15) is 52.1 Å². The van der Waals surface area contributed by atoms with Crippen molar-refractivity contribution in [1.82, 2.24) is 9.78 Å². The number of nitrogens with zero attached hydrogens (tertiary/aromatic N) is 2. The van der Waals surface area contributed by atoms with E-state index in [0.717, 1.165) is 11.2 Å². The third-order valence-electron chi connectivity index (χ3n) is 4.35. The maximum atomic E-state index is 6.05. The van der Waals surface area contributed by atoms with Gasteiger partial charge in [0.2, 0.25) is 0 Å². The highest BCUT2D eigenvalue weighted by molar-refractivity contribution is 6.61. The summed E-state index contributed by atoms with van der Waals surface area (Å²) in [7, 11) is -0.338. The molecule has 2 heterocycles. The van der Waals surface area contributed by atoms with Gasteiger partial charge in [-0.25, -0.2) is 0 Å². The van der Waals surface area contributed by atoms with Gasteiger partial charge < -0.3 is 9.31 Å². The molecule has 2 aliphatic rings. The van der Waals surface area contributed by atoms with Crippen molar-refractivity contribution in [2.75, 3.05) is 0 Å². The van der Waals surface area contributed by atoms with Crippen LogP contribution < -0.4 is 5.59 Å². The third kappa shape index (κ3) is 1.80.